The van der Waals surface area contributed by atoms with Gasteiger partial charge in [-0.3, -0.25) is 9.78 Å². The molecule has 4 heterocycles. The summed E-state index contributed by atoms with van der Waals surface area (Å²) in [6, 6.07) is 7.36. The zero-order valence-electron chi connectivity index (χ0n) is 16.3. The SMILES string of the molecule is N#Cc1ccc(CN(CC2CC2)C(=O)c2cc3c4c(c(N)nc3cn2)COC4)nc1. The molecule has 0 radical (unpaired) electrons. The number of nitrogen functional groups attached to an aromatic ring is 1. The van der Waals surface area contributed by atoms with Gasteiger partial charge in [0.2, 0.25) is 0 Å². The number of nitrogens with two attached hydrogens (primary N) is 1. The highest BCUT2D eigenvalue weighted by atomic mass is 16.5. The number of ether oxygens (including phenoxy) is 1. The third kappa shape index (κ3) is 3.44. The normalized spacial score (nSPS) is 15.0. The second kappa shape index (κ2) is 7.35. The molecule has 1 amide bonds. The summed E-state index contributed by atoms with van der Waals surface area (Å²) in [6.07, 6.45) is 5.39. The number of hydrogen-bond acceptors (Lipinski definition) is 7. The highest BCUT2D eigenvalue weighted by Crippen LogP contribution is 2.32. The molecular formula is C22H20N6O2. The van der Waals surface area contributed by atoms with E-state index in [1.54, 1.807) is 29.3 Å². The van der Waals surface area contributed by atoms with Gasteiger partial charge in [0.15, 0.2) is 0 Å². The summed E-state index contributed by atoms with van der Waals surface area (Å²) in [4.78, 5) is 28.3. The summed E-state index contributed by atoms with van der Waals surface area (Å²) in [5.74, 6) is 0.837. The number of hydrogen-bond donors (Lipinski definition) is 1. The summed E-state index contributed by atoms with van der Waals surface area (Å²) < 4.78 is 5.54. The Morgan fingerprint density at radius 2 is 2.07 bits per heavy atom. The zero-order valence-corrected chi connectivity index (χ0v) is 16.3. The van der Waals surface area contributed by atoms with Gasteiger partial charge in [0.05, 0.1) is 42.7 Å². The van der Waals surface area contributed by atoms with Crippen molar-refractivity contribution >= 4 is 22.6 Å². The van der Waals surface area contributed by atoms with Gasteiger partial charge in [-0.1, -0.05) is 0 Å². The summed E-state index contributed by atoms with van der Waals surface area (Å²) in [7, 11) is 0. The number of aromatic nitrogens is 3. The molecule has 5 rings (SSSR count). The van der Waals surface area contributed by atoms with Crippen LogP contribution in [0.2, 0.25) is 0 Å². The number of nitrogens with zero attached hydrogens (tertiary/aromatic N) is 5. The minimum Gasteiger partial charge on any atom is -0.383 e. The van der Waals surface area contributed by atoms with Crippen LogP contribution in [0, 0.1) is 17.2 Å². The van der Waals surface area contributed by atoms with E-state index in [-0.39, 0.29) is 5.91 Å². The van der Waals surface area contributed by atoms with Crippen molar-refractivity contribution in [3.63, 3.8) is 0 Å². The van der Waals surface area contributed by atoms with Crippen LogP contribution in [0.15, 0.2) is 30.6 Å². The van der Waals surface area contributed by atoms with E-state index in [1.807, 2.05) is 0 Å². The number of fused-ring (bicyclic) bond motifs is 3. The Morgan fingerprint density at radius 3 is 2.80 bits per heavy atom. The van der Waals surface area contributed by atoms with Crippen LogP contribution in [0.4, 0.5) is 5.82 Å². The van der Waals surface area contributed by atoms with E-state index in [4.69, 9.17) is 15.7 Å². The lowest BCUT2D eigenvalue weighted by atomic mass is 10.1. The lowest BCUT2D eigenvalue weighted by Gasteiger charge is -2.22. The van der Waals surface area contributed by atoms with Crippen LogP contribution < -0.4 is 5.73 Å². The molecule has 1 fully saturated rings. The first-order valence-corrected chi connectivity index (χ1v) is 9.91. The third-order valence-corrected chi connectivity index (χ3v) is 5.60. The lowest BCUT2D eigenvalue weighted by molar-refractivity contribution is 0.0727. The predicted molar refractivity (Wildman–Crippen MR) is 109 cm³/mol. The van der Waals surface area contributed by atoms with Gasteiger partial charge < -0.3 is 15.4 Å². The van der Waals surface area contributed by atoms with E-state index in [0.717, 1.165) is 35.0 Å². The number of nitriles is 1. The molecule has 8 nitrogen and oxygen atoms in total. The van der Waals surface area contributed by atoms with Crippen LogP contribution in [-0.4, -0.2) is 32.3 Å². The van der Waals surface area contributed by atoms with Gasteiger partial charge in [-0.05, 0) is 42.5 Å². The molecule has 0 spiro atoms. The maximum atomic E-state index is 13.4. The highest BCUT2D eigenvalue weighted by Gasteiger charge is 2.29. The molecule has 2 aliphatic rings. The molecular weight excluding hydrogens is 380 g/mol. The summed E-state index contributed by atoms with van der Waals surface area (Å²) in [5, 5.41) is 9.82. The molecule has 1 aliphatic heterocycles. The Bertz CT molecular complexity index is 1180. The minimum atomic E-state index is -0.139. The van der Waals surface area contributed by atoms with Crippen molar-refractivity contribution in [3.05, 3.63) is 58.7 Å². The molecule has 3 aromatic rings. The van der Waals surface area contributed by atoms with Gasteiger partial charge in [0.25, 0.3) is 5.91 Å². The maximum absolute atomic E-state index is 13.4. The Morgan fingerprint density at radius 1 is 1.23 bits per heavy atom. The monoisotopic (exact) mass is 400 g/mol. The van der Waals surface area contributed by atoms with Crippen molar-refractivity contribution in [2.45, 2.75) is 32.6 Å². The van der Waals surface area contributed by atoms with Gasteiger partial charge in [0.1, 0.15) is 17.6 Å². The molecule has 3 aromatic heterocycles. The fourth-order valence-electron chi connectivity index (χ4n) is 3.76. The second-order valence-corrected chi connectivity index (χ2v) is 7.81. The third-order valence-electron chi connectivity index (χ3n) is 5.60. The number of anilines is 1. The van der Waals surface area contributed by atoms with Crippen LogP contribution in [0.1, 0.15) is 45.7 Å². The van der Waals surface area contributed by atoms with Crippen LogP contribution in [0.5, 0.6) is 0 Å². The largest absolute Gasteiger partial charge is 0.383 e. The number of carbonyl (C=O) groups excluding carboxylic acids is 1. The predicted octanol–water partition coefficient (Wildman–Crippen LogP) is 2.56. The van der Waals surface area contributed by atoms with Crippen LogP contribution >= 0.6 is 0 Å². The van der Waals surface area contributed by atoms with Crippen molar-refractivity contribution in [1.82, 2.24) is 19.9 Å². The van der Waals surface area contributed by atoms with Crippen LogP contribution in [0.25, 0.3) is 10.9 Å². The molecule has 1 saturated carbocycles. The Labute approximate surface area is 173 Å². The van der Waals surface area contributed by atoms with Gasteiger partial charge >= 0.3 is 0 Å². The van der Waals surface area contributed by atoms with E-state index in [0.29, 0.717) is 54.8 Å². The van der Waals surface area contributed by atoms with E-state index in [2.05, 4.69) is 21.0 Å². The van der Waals surface area contributed by atoms with Crippen LogP contribution in [-0.2, 0) is 24.5 Å². The van der Waals surface area contributed by atoms with Crippen molar-refractivity contribution in [2.24, 2.45) is 5.92 Å². The maximum Gasteiger partial charge on any atom is 0.272 e. The zero-order chi connectivity index (χ0) is 20.7. The summed E-state index contributed by atoms with van der Waals surface area (Å²) in [6.45, 7) is 1.94. The van der Waals surface area contributed by atoms with Crippen molar-refractivity contribution in [3.8, 4) is 6.07 Å². The minimum absolute atomic E-state index is 0.139. The average molecular weight is 400 g/mol. The Balaban J connectivity index is 1.47. The number of amides is 1. The number of carbonyl (C=O) groups is 1. The van der Waals surface area contributed by atoms with Gasteiger partial charge in [-0.25, -0.2) is 9.97 Å². The number of pyridine rings is 3. The molecule has 0 aromatic carbocycles. The summed E-state index contributed by atoms with van der Waals surface area (Å²) >= 11 is 0. The lowest BCUT2D eigenvalue weighted by Crippen LogP contribution is -2.33. The van der Waals surface area contributed by atoms with Gasteiger partial charge in [0, 0.05) is 23.7 Å². The Kier molecular flexibility index (Phi) is 4.52. The first-order valence-electron chi connectivity index (χ1n) is 9.91. The molecule has 0 bridgehead atoms. The first kappa shape index (κ1) is 18.5. The molecule has 30 heavy (non-hydrogen) atoms. The molecule has 2 N–H and O–H groups in total. The van der Waals surface area contributed by atoms with Crippen molar-refractivity contribution in [1.29, 1.82) is 5.26 Å². The first-order chi connectivity index (χ1) is 14.6. The smallest absolute Gasteiger partial charge is 0.272 e. The van der Waals surface area contributed by atoms with E-state index in [1.165, 1.54) is 6.20 Å². The molecule has 1 aliphatic carbocycles. The number of rotatable bonds is 5. The standard InChI is InChI=1S/C22H20N6O2/c23-6-14-3-4-15(25-7-14)10-28(9-13-1-2-13)22(29)19-5-16-17-11-30-12-18(17)21(24)27-20(16)8-26-19/h3-5,7-8,13H,1-2,9-12H2,(H2,24,27). The molecule has 8 heteroatoms. The molecule has 150 valence electrons. The van der Waals surface area contributed by atoms with E-state index < -0.39 is 0 Å². The van der Waals surface area contributed by atoms with E-state index in [9.17, 15) is 4.79 Å². The molecule has 0 saturated heterocycles. The van der Waals surface area contributed by atoms with Crippen LogP contribution in [0.3, 0.4) is 0 Å². The quantitative estimate of drug-likeness (QED) is 0.699. The molecule has 0 atom stereocenters. The second-order valence-electron chi connectivity index (χ2n) is 7.81. The van der Waals surface area contributed by atoms with Gasteiger partial charge in [-0.2, -0.15) is 5.26 Å². The average Bonchev–Trinajstić information content (AvgIpc) is 3.44. The summed E-state index contributed by atoms with van der Waals surface area (Å²) in [5.41, 5.74) is 10.2. The fraction of sp³-hybridized carbons (Fsp3) is 0.318. The fourth-order valence-corrected chi connectivity index (χ4v) is 3.76. The van der Waals surface area contributed by atoms with Gasteiger partial charge in [-0.15, -0.1) is 0 Å². The van der Waals surface area contributed by atoms with Crippen molar-refractivity contribution in [2.75, 3.05) is 12.3 Å². The van der Waals surface area contributed by atoms with E-state index >= 15 is 0 Å². The highest BCUT2D eigenvalue weighted by molar-refractivity contribution is 5.97. The molecule has 0 unspecified atom stereocenters. The van der Waals surface area contributed by atoms with Crippen molar-refractivity contribution < 1.29 is 9.53 Å². The topological polar surface area (TPSA) is 118 Å². The Hall–Kier alpha value is -3.57.